The predicted molar refractivity (Wildman–Crippen MR) is 107 cm³/mol. The van der Waals surface area contributed by atoms with Gasteiger partial charge in [0.25, 0.3) is 0 Å². The van der Waals surface area contributed by atoms with E-state index in [1.54, 1.807) is 30.3 Å². The Balaban J connectivity index is 1.72. The van der Waals surface area contributed by atoms with Gasteiger partial charge in [0.05, 0.1) is 11.5 Å². The average molecular weight is 418 g/mol. The second kappa shape index (κ2) is 8.22. The number of carbonyl (C=O) groups excluding carboxylic acids is 1. The van der Waals surface area contributed by atoms with Gasteiger partial charge in [-0.25, -0.2) is 0 Å². The van der Waals surface area contributed by atoms with Gasteiger partial charge in [0.2, 0.25) is 5.39 Å². The summed E-state index contributed by atoms with van der Waals surface area (Å²) in [5.74, 6) is 0.194. The summed E-state index contributed by atoms with van der Waals surface area (Å²) >= 11 is 11.4. The van der Waals surface area contributed by atoms with Crippen molar-refractivity contribution in [2.24, 2.45) is 17.3 Å². The molecule has 0 N–H and O–H groups in total. The van der Waals surface area contributed by atoms with Crippen LogP contribution in [0.4, 0.5) is 0 Å². The van der Waals surface area contributed by atoms with Crippen LogP contribution in [0.1, 0.15) is 25.6 Å². The van der Waals surface area contributed by atoms with Crippen LogP contribution < -0.4 is 4.74 Å². The Kier molecular flexibility index (Phi) is 5.93. The monoisotopic (exact) mass is 417 g/mol. The molecule has 0 saturated heterocycles. The molecule has 144 valence electrons. The fraction of sp³-hybridized carbons (Fsp3) is 0.286. The number of ether oxygens (including phenoxy) is 2. The number of rotatable bonds is 6. The lowest BCUT2D eigenvalue weighted by Crippen LogP contribution is -2.13. The summed E-state index contributed by atoms with van der Waals surface area (Å²) < 4.78 is 11.3. The van der Waals surface area contributed by atoms with Gasteiger partial charge in [0.1, 0.15) is 16.0 Å². The molecule has 1 fully saturated rings. The quantitative estimate of drug-likeness (QED) is 0.399. The second-order valence-electron chi connectivity index (χ2n) is 7.17. The fourth-order valence-corrected chi connectivity index (χ4v) is 3.54. The van der Waals surface area contributed by atoms with Gasteiger partial charge in [0, 0.05) is 0 Å². The van der Waals surface area contributed by atoms with Gasteiger partial charge >= 0.3 is 12.2 Å². The van der Waals surface area contributed by atoms with Crippen LogP contribution in [0.2, 0.25) is 0 Å². The van der Waals surface area contributed by atoms with Crippen molar-refractivity contribution < 1.29 is 14.3 Å². The molecule has 0 aliphatic heterocycles. The first-order valence-corrected chi connectivity index (χ1v) is 9.49. The van der Waals surface area contributed by atoms with E-state index in [2.05, 4.69) is 4.98 Å². The maximum absolute atomic E-state index is 12.6. The number of benzene rings is 2. The Morgan fingerprint density at radius 1 is 1.14 bits per heavy atom. The molecule has 1 aliphatic carbocycles. The molecule has 2 aromatic rings. The summed E-state index contributed by atoms with van der Waals surface area (Å²) in [7, 11) is 0. The van der Waals surface area contributed by atoms with Crippen LogP contribution in [0.25, 0.3) is 4.98 Å². The van der Waals surface area contributed by atoms with E-state index in [0.717, 1.165) is 0 Å². The van der Waals surface area contributed by atoms with E-state index >= 15 is 0 Å². The number of hydrogen-bond donors (Lipinski definition) is 0. The molecule has 1 aliphatic rings. The molecule has 0 aromatic heterocycles. The highest BCUT2D eigenvalue weighted by atomic mass is 35.5. The largest absolute Gasteiger partial charge is 0.485 e. The molecule has 5 nitrogen and oxygen atoms in total. The zero-order chi connectivity index (χ0) is 20.3. The first kappa shape index (κ1) is 20.2. The first-order chi connectivity index (χ1) is 13.3. The minimum absolute atomic E-state index is 0.113. The van der Waals surface area contributed by atoms with E-state index < -0.39 is 18.1 Å². The molecule has 0 spiro atoms. The van der Waals surface area contributed by atoms with Crippen LogP contribution in [0.3, 0.4) is 0 Å². The fourth-order valence-electron chi connectivity index (χ4n) is 3.27. The number of carbonyl (C=O) groups is 1. The molecule has 28 heavy (non-hydrogen) atoms. The summed E-state index contributed by atoms with van der Waals surface area (Å²) in [6.45, 7) is 3.85. The molecule has 3 atom stereocenters. The number of halogens is 2. The molecular formula is C21H19Cl2N2O3+. The second-order valence-corrected chi connectivity index (χ2v) is 8.18. The van der Waals surface area contributed by atoms with Crippen LogP contribution in [0.15, 0.2) is 65.2 Å². The van der Waals surface area contributed by atoms with Gasteiger partial charge in [-0.3, -0.25) is 4.79 Å². The third-order valence-electron chi connectivity index (χ3n) is 4.92. The number of diazo groups is 1. The zero-order valence-electron chi connectivity index (χ0n) is 15.4. The standard InChI is InChI=1S/C21H19Cl2N2O3/c1-21(2)16(12-17(22)23)18(21)20(26)28-19(25-24)13-7-6-10-15(11-13)27-14-8-4-3-5-9-14/h3-12,16,18-19H,1-2H3/q+1/t16-,18-,19-/m0/s1. The Bertz CT molecular complexity index is 934. The lowest BCUT2D eigenvalue weighted by molar-refractivity contribution is -0.150. The van der Waals surface area contributed by atoms with Gasteiger partial charge < -0.3 is 9.47 Å². The van der Waals surface area contributed by atoms with E-state index in [4.69, 9.17) is 32.7 Å². The Labute approximate surface area is 173 Å². The highest BCUT2D eigenvalue weighted by Gasteiger charge is 2.62. The maximum atomic E-state index is 12.6. The van der Waals surface area contributed by atoms with Crippen LogP contribution in [0.5, 0.6) is 11.5 Å². The van der Waals surface area contributed by atoms with E-state index in [1.165, 1.54) is 0 Å². The van der Waals surface area contributed by atoms with Gasteiger partial charge in [-0.2, -0.15) is 0 Å². The van der Waals surface area contributed by atoms with Gasteiger partial charge in [-0.05, 0) is 47.7 Å². The third-order valence-corrected chi connectivity index (χ3v) is 5.18. The van der Waals surface area contributed by atoms with E-state index in [9.17, 15) is 10.2 Å². The van der Waals surface area contributed by atoms with Crippen molar-refractivity contribution in [2.75, 3.05) is 0 Å². The van der Waals surface area contributed by atoms with Crippen molar-refractivity contribution in [1.29, 1.82) is 5.39 Å². The number of nitrogens with zero attached hydrogens (tertiary/aromatic N) is 2. The normalized spacial score (nSPS) is 20.4. The van der Waals surface area contributed by atoms with Gasteiger partial charge in [0.15, 0.2) is 4.98 Å². The van der Waals surface area contributed by atoms with Crippen LogP contribution >= 0.6 is 23.2 Å². The average Bonchev–Trinajstić information content (AvgIpc) is 3.20. The Morgan fingerprint density at radius 3 is 2.46 bits per heavy atom. The molecule has 0 heterocycles. The number of allylic oxidation sites excluding steroid dienone is 1. The summed E-state index contributed by atoms with van der Waals surface area (Å²) in [6.07, 6.45) is 0.480. The van der Waals surface area contributed by atoms with E-state index in [1.807, 2.05) is 44.2 Å². The lowest BCUT2D eigenvalue weighted by atomic mass is 10.1. The van der Waals surface area contributed by atoms with Crippen molar-refractivity contribution >= 4 is 29.2 Å². The number of hydrogen-bond acceptors (Lipinski definition) is 4. The molecular weight excluding hydrogens is 399 g/mol. The van der Waals surface area contributed by atoms with Crippen LogP contribution in [-0.4, -0.2) is 5.97 Å². The Hall–Kier alpha value is -2.55. The first-order valence-electron chi connectivity index (χ1n) is 8.73. The molecule has 0 bridgehead atoms. The van der Waals surface area contributed by atoms with Gasteiger partial charge in [-0.1, -0.05) is 61.3 Å². The minimum Gasteiger partial charge on any atom is -0.457 e. The van der Waals surface area contributed by atoms with Crippen molar-refractivity contribution in [3.63, 3.8) is 0 Å². The number of esters is 1. The molecule has 0 unspecified atom stereocenters. The topological polar surface area (TPSA) is 63.7 Å². The predicted octanol–water partition coefficient (Wildman–Crippen LogP) is 6.46. The highest BCUT2D eigenvalue weighted by Crippen LogP contribution is 2.60. The third kappa shape index (κ3) is 4.46. The smallest absolute Gasteiger partial charge is 0.457 e. The molecule has 7 heteroatoms. The summed E-state index contributed by atoms with van der Waals surface area (Å²) in [6, 6.07) is 16.1. The molecule has 0 radical (unpaired) electrons. The van der Waals surface area contributed by atoms with Crippen LogP contribution in [0, 0.1) is 22.6 Å². The lowest BCUT2D eigenvalue weighted by Gasteiger charge is -2.08. The molecule has 2 aromatic carbocycles. The Morgan fingerprint density at radius 2 is 1.82 bits per heavy atom. The summed E-state index contributed by atoms with van der Waals surface area (Å²) in [5, 5.41) is 9.41. The maximum Gasteiger partial charge on any atom is 0.485 e. The van der Waals surface area contributed by atoms with E-state index in [-0.39, 0.29) is 15.8 Å². The van der Waals surface area contributed by atoms with E-state index in [0.29, 0.717) is 17.1 Å². The highest BCUT2D eigenvalue weighted by molar-refractivity contribution is 6.55. The SMILES string of the molecule is CC1(C)[C@H](C(=O)O[C@H]([N+]#N)c2cccc(Oc3ccccc3)c2)[C@@H]1C=C(Cl)Cl. The van der Waals surface area contributed by atoms with Crippen LogP contribution in [-0.2, 0) is 9.53 Å². The van der Waals surface area contributed by atoms with Crippen molar-refractivity contribution in [2.45, 2.75) is 20.1 Å². The molecule has 1 saturated carbocycles. The zero-order valence-corrected chi connectivity index (χ0v) is 16.9. The minimum atomic E-state index is -1.15. The van der Waals surface area contributed by atoms with Crippen molar-refractivity contribution in [1.82, 2.24) is 0 Å². The van der Waals surface area contributed by atoms with Crippen molar-refractivity contribution in [3.8, 4) is 11.5 Å². The van der Waals surface area contributed by atoms with Crippen molar-refractivity contribution in [3.05, 3.63) is 75.7 Å². The molecule has 0 amide bonds. The molecule has 3 rings (SSSR count). The number of para-hydroxylation sites is 1. The van der Waals surface area contributed by atoms with Gasteiger partial charge in [-0.15, -0.1) is 0 Å². The summed E-state index contributed by atoms with van der Waals surface area (Å²) in [5.41, 5.74) is 0.162. The summed E-state index contributed by atoms with van der Waals surface area (Å²) in [4.78, 5) is 15.8.